The molecule has 5 nitrogen and oxygen atoms in total. The summed E-state index contributed by atoms with van der Waals surface area (Å²) >= 11 is 0. The summed E-state index contributed by atoms with van der Waals surface area (Å²) in [5, 5.41) is 3.11. The molecule has 1 unspecified atom stereocenters. The molecular weight excluding hydrogens is 336 g/mol. The second-order valence-electron chi connectivity index (χ2n) is 6.36. The number of likely N-dealkylation sites (N-methyl/N-ethyl adjacent to an activating group) is 1. The minimum Gasteiger partial charge on any atom is -0.376 e. The first-order valence-electron chi connectivity index (χ1n) is 8.30. The summed E-state index contributed by atoms with van der Waals surface area (Å²) < 4.78 is 23.1. The number of nitrogens with zero attached hydrogens (tertiary/aromatic N) is 1. The van der Waals surface area contributed by atoms with Gasteiger partial charge in [0.15, 0.2) is 9.84 Å². The van der Waals surface area contributed by atoms with Crippen LogP contribution in [0.4, 0.5) is 5.69 Å². The fourth-order valence-electron chi connectivity index (χ4n) is 3.00. The summed E-state index contributed by atoms with van der Waals surface area (Å²) in [6, 6.07) is 17.8. The van der Waals surface area contributed by atoms with Crippen LogP contribution >= 0.6 is 0 Å². The highest BCUT2D eigenvalue weighted by atomic mass is 32.2. The van der Waals surface area contributed by atoms with Crippen LogP contribution in [0.2, 0.25) is 0 Å². The number of carbonyl (C=O) groups excluding carboxylic acids is 1. The van der Waals surface area contributed by atoms with Crippen LogP contribution in [0.25, 0.3) is 11.1 Å². The highest BCUT2D eigenvalue weighted by Gasteiger charge is 2.32. The van der Waals surface area contributed by atoms with Gasteiger partial charge in [0.2, 0.25) is 5.91 Å². The van der Waals surface area contributed by atoms with Crippen molar-refractivity contribution in [3.63, 3.8) is 0 Å². The van der Waals surface area contributed by atoms with E-state index >= 15 is 0 Å². The lowest BCUT2D eigenvalue weighted by molar-refractivity contribution is -0.129. The van der Waals surface area contributed by atoms with Gasteiger partial charge >= 0.3 is 0 Å². The smallest absolute Gasteiger partial charge is 0.241 e. The number of hydrogen-bond acceptors (Lipinski definition) is 4. The van der Waals surface area contributed by atoms with E-state index in [1.807, 2.05) is 42.5 Å². The van der Waals surface area contributed by atoms with Gasteiger partial charge in [0.25, 0.3) is 0 Å². The first kappa shape index (κ1) is 17.5. The van der Waals surface area contributed by atoms with Crippen molar-refractivity contribution in [2.24, 2.45) is 0 Å². The van der Waals surface area contributed by atoms with E-state index in [1.54, 1.807) is 11.9 Å². The Morgan fingerprint density at radius 1 is 1.08 bits per heavy atom. The normalized spacial score (nSPS) is 18.7. The Balaban J connectivity index is 1.55. The molecule has 1 N–H and O–H groups in total. The van der Waals surface area contributed by atoms with E-state index in [0.717, 1.165) is 16.8 Å². The van der Waals surface area contributed by atoms with E-state index in [4.69, 9.17) is 0 Å². The number of amides is 1. The van der Waals surface area contributed by atoms with Gasteiger partial charge in [-0.05, 0) is 29.7 Å². The molecule has 6 heteroatoms. The lowest BCUT2D eigenvalue weighted by Crippen LogP contribution is -2.40. The highest BCUT2D eigenvalue weighted by molar-refractivity contribution is 7.91. The number of nitrogens with one attached hydrogen (secondary N) is 1. The Bertz CT molecular complexity index is 833. The van der Waals surface area contributed by atoms with E-state index in [2.05, 4.69) is 17.4 Å². The molecule has 3 rings (SSSR count). The highest BCUT2D eigenvalue weighted by Crippen LogP contribution is 2.21. The number of sulfone groups is 1. The predicted molar refractivity (Wildman–Crippen MR) is 100 cm³/mol. The maximum absolute atomic E-state index is 12.3. The average Bonchev–Trinajstić information content (AvgIpc) is 3.00. The Labute approximate surface area is 148 Å². The Morgan fingerprint density at radius 2 is 1.72 bits per heavy atom. The van der Waals surface area contributed by atoms with Crippen LogP contribution in [0, 0.1) is 0 Å². The van der Waals surface area contributed by atoms with Crippen molar-refractivity contribution in [3.8, 4) is 11.1 Å². The third-order valence-electron chi connectivity index (χ3n) is 4.59. The van der Waals surface area contributed by atoms with Crippen LogP contribution in [0.3, 0.4) is 0 Å². The fraction of sp³-hybridized carbons (Fsp3) is 0.316. The van der Waals surface area contributed by atoms with Gasteiger partial charge in [-0.2, -0.15) is 0 Å². The monoisotopic (exact) mass is 358 g/mol. The van der Waals surface area contributed by atoms with Crippen molar-refractivity contribution in [2.75, 3.05) is 30.4 Å². The Hall–Kier alpha value is -2.34. The molecule has 0 radical (unpaired) electrons. The predicted octanol–water partition coefficient (Wildman–Crippen LogP) is 2.41. The van der Waals surface area contributed by atoms with Gasteiger partial charge in [0.05, 0.1) is 18.1 Å². The molecule has 0 aromatic heterocycles. The maximum atomic E-state index is 12.3. The van der Waals surface area contributed by atoms with Crippen LogP contribution < -0.4 is 5.32 Å². The summed E-state index contributed by atoms with van der Waals surface area (Å²) in [6.07, 6.45) is 0.524. The summed E-state index contributed by atoms with van der Waals surface area (Å²) in [6.45, 7) is 0.151. The van der Waals surface area contributed by atoms with Crippen molar-refractivity contribution in [1.29, 1.82) is 0 Å². The van der Waals surface area contributed by atoms with Crippen LogP contribution in [0.1, 0.15) is 6.42 Å². The molecule has 0 spiro atoms. The van der Waals surface area contributed by atoms with Gasteiger partial charge in [-0.15, -0.1) is 0 Å². The van der Waals surface area contributed by atoms with Crippen molar-refractivity contribution in [2.45, 2.75) is 12.5 Å². The first-order valence-corrected chi connectivity index (χ1v) is 10.1. The number of anilines is 1. The molecule has 1 aliphatic rings. The summed E-state index contributed by atoms with van der Waals surface area (Å²) in [7, 11) is -1.31. The topological polar surface area (TPSA) is 66.5 Å². The van der Waals surface area contributed by atoms with Crippen molar-refractivity contribution < 1.29 is 13.2 Å². The lowest BCUT2D eigenvalue weighted by Gasteiger charge is -2.23. The zero-order valence-corrected chi connectivity index (χ0v) is 15.0. The molecule has 0 saturated carbocycles. The second kappa shape index (κ2) is 7.27. The molecule has 2 aromatic carbocycles. The zero-order chi connectivity index (χ0) is 17.9. The van der Waals surface area contributed by atoms with E-state index in [-0.39, 0.29) is 30.0 Å². The van der Waals surface area contributed by atoms with E-state index < -0.39 is 9.84 Å². The third-order valence-corrected chi connectivity index (χ3v) is 6.34. The Kier molecular flexibility index (Phi) is 5.08. The van der Waals surface area contributed by atoms with Crippen molar-refractivity contribution >= 4 is 21.4 Å². The average molecular weight is 358 g/mol. The lowest BCUT2D eigenvalue weighted by atomic mass is 10.1. The SMILES string of the molecule is CN(C(=O)CNc1ccc(-c2ccccc2)cc1)C1CCS(=O)(=O)C1. The Morgan fingerprint density at radius 3 is 2.32 bits per heavy atom. The van der Waals surface area contributed by atoms with Gasteiger partial charge in [0.1, 0.15) is 0 Å². The summed E-state index contributed by atoms with van der Waals surface area (Å²) in [5.74, 6) is 0.138. The van der Waals surface area contributed by atoms with Crippen LogP contribution in [-0.2, 0) is 14.6 Å². The van der Waals surface area contributed by atoms with Gasteiger partial charge in [-0.3, -0.25) is 4.79 Å². The molecule has 2 aromatic rings. The number of carbonyl (C=O) groups is 1. The number of benzene rings is 2. The minimum atomic E-state index is -2.99. The van der Waals surface area contributed by atoms with Gasteiger partial charge in [-0.1, -0.05) is 42.5 Å². The quantitative estimate of drug-likeness (QED) is 0.891. The molecule has 1 heterocycles. The molecule has 25 heavy (non-hydrogen) atoms. The molecule has 132 valence electrons. The molecule has 1 fully saturated rings. The van der Waals surface area contributed by atoms with E-state index in [1.165, 1.54) is 0 Å². The molecule has 0 bridgehead atoms. The first-order chi connectivity index (χ1) is 11.9. The zero-order valence-electron chi connectivity index (χ0n) is 14.2. The van der Waals surface area contributed by atoms with Crippen molar-refractivity contribution in [3.05, 3.63) is 54.6 Å². The van der Waals surface area contributed by atoms with E-state index in [0.29, 0.717) is 6.42 Å². The fourth-order valence-corrected chi connectivity index (χ4v) is 4.77. The van der Waals surface area contributed by atoms with Crippen LogP contribution in [0.5, 0.6) is 0 Å². The third kappa shape index (κ3) is 4.39. The molecule has 0 aliphatic carbocycles. The molecule has 1 amide bonds. The second-order valence-corrected chi connectivity index (χ2v) is 8.59. The van der Waals surface area contributed by atoms with Crippen molar-refractivity contribution in [1.82, 2.24) is 4.90 Å². The van der Waals surface area contributed by atoms with Gasteiger partial charge < -0.3 is 10.2 Å². The molecule has 1 saturated heterocycles. The maximum Gasteiger partial charge on any atom is 0.241 e. The number of rotatable bonds is 5. The largest absolute Gasteiger partial charge is 0.376 e. The standard InChI is InChI=1S/C19H22N2O3S/c1-21(18-11-12-25(23,24)14-18)19(22)13-20-17-9-7-16(8-10-17)15-5-3-2-4-6-15/h2-10,18,20H,11-14H2,1H3. The summed E-state index contributed by atoms with van der Waals surface area (Å²) in [4.78, 5) is 13.8. The van der Waals surface area contributed by atoms with Crippen LogP contribution in [0.15, 0.2) is 54.6 Å². The molecule has 1 atom stereocenters. The van der Waals surface area contributed by atoms with Gasteiger partial charge in [0, 0.05) is 18.8 Å². The van der Waals surface area contributed by atoms with E-state index in [9.17, 15) is 13.2 Å². The van der Waals surface area contributed by atoms with Gasteiger partial charge in [-0.25, -0.2) is 8.42 Å². The molecular formula is C19H22N2O3S. The summed E-state index contributed by atoms with van der Waals surface area (Å²) in [5.41, 5.74) is 3.12. The number of hydrogen-bond donors (Lipinski definition) is 1. The molecule has 1 aliphatic heterocycles. The minimum absolute atomic E-state index is 0.0704. The van der Waals surface area contributed by atoms with Crippen LogP contribution in [-0.4, -0.2) is 50.4 Å².